The third-order valence-electron chi connectivity index (χ3n) is 2.12. The molecule has 0 atom stereocenters. The number of methoxy groups -OCH3 is 1. The van der Waals surface area contributed by atoms with E-state index in [1.54, 1.807) is 18.2 Å². The zero-order valence-corrected chi connectivity index (χ0v) is 10.9. The van der Waals surface area contributed by atoms with E-state index in [0.29, 0.717) is 21.6 Å². The lowest BCUT2D eigenvalue weighted by molar-refractivity contribution is 0.0702. The van der Waals surface area contributed by atoms with Gasteiger partial charge in [-0.2, -0.15) is 0 Å². The number of anilines is 2. The maximum atomic E-state index is 10.7. The highest BCUT2D eigenvalue weighted by atomic mass is 35.5. The average molecular weight is 285 g/mol. The van der Waals surface area contributed by atoms with E-state index in [1.807, 2.05) is 0 Å². The normalized spacial score (nSPS) is 10.1. The summed E-state index contributed by atoms with van der Waals surface area (Å²) in [6.07, 6.45) is 1.31. The summed E-state index contributed by atoms with van der Waals surface area (Å²) in [6.45, 7) is 0. The van der Waals surface area contributed by atoms with Crippen LogP contribution >= 0.6 is 22.9 Å². The monoisotopic (exact) mass is 284 g/mol. The molecular formula is C11H9ClN2O3S. The summed E-state index contributed by atoms with van der Waals surface area (Å²) >= 11 is 7.03. The van der Waals surface area contributed by atoms with Crippen molar-refractivity contribution in [3.8, 4) is 5.75 Å². The van der Waals surface area contributed by atoms with Gasteiger partial charge in [-0.15, -0.1) is 0 Å². The standard InChI is InChI=1S/C11H9ClN2O3S/c1-17-8-3-2-6(4-7(8)12)14-11-13-5-9(18-11)10(15)16/h2-5H,1H3,(H,13,14)(H,15,16). The number of carbonyl (C=O) groups is 1. The second kappa shape index (κ2) is 5.24. The number of benzene rings is 1. The van der Waals surface area contributed by atoms with E-state index in [2.05, 4.69) is 10.3 Å². The van der Waals surface area contributed by atoms with Crippen LogP contribution in [0.25, 0.3) is 0 Å². The highest BCUT2D eigenvalue weighted by Gasteiger charge is 2.09. The van der Waals surface area contributed by atoms with Gasteiger partial charge in [-0.05, 0) is 18.2 Å². The van der Waals surface area contributed by atoms with Crippen molar-refractivity contribution in [3.05, 3.63) is 34.3 Å². The Morgan fingerprint density at radius 2 is 2.33 bits per heavy atom. The van der Waals surface area contributed by atoms with Crippen LogP contribution in [-0.2, 0) is 0 Å². The van der Waals surface area contributed by atoms with Crippen LogP contribution in [0.5, 0.6) is 5.75 Å². The molecule has 0 fully saturated rings. The molecule has 94 valence electrons. The predicted molar refractivity (Wildman–Crippen MR) is 70.4 cm³/mol. The van der Waals surface area contributed by atoms with E-state index in [1.165, 1.54) is 13.3 Å². The number of carboxylic acids is 1. The molecule has 0 saturated heterocycles. The average Bonchev–Trinajstić information content (AvgIpc) is 2.78. The SMILES string of the molecule is COc1ccc(Nc2ncc(C(=O)O)s2)cc1Cl. The lowest BCUT2D eigenvalue weighted by Crippen LogP contribution is -1.91. The van der Waals surface area contributed by atoms with Crippen molar-refractivity contribution in [2.75, 3.05) is 12.4 Å². The first-order valence-electron chi connectivity index (χ1n) is 4.90. The Bertz CT molecular complexity index is 585. The lowest BCUT2D eigenvalue weighted by atomic mass is 10.3. The molecule has 0 aliphatic rings. The highest BCUT2D eigenvalue weighted by molar-refractivity contribution is 7.17. The molecule has 18 heavy (non-hydrogen) atoms. The molecule has 0 spiro atoms. The molecule has 1 aromatic carbocycles. The van der Waals surface area contributed by atoms with Crippen LogP contribution in [0, 0.1) is 0 Å². The Morgan fingerprint density at radius 1 is 1.56 bits per heavy atom. The quantitative estimate of drug-likeness (QED) is 0.902. The Balaban J connectivity index is 2.18. The zero-order chi connectivity index (χ0) is 13.1. The largest absolute Gasteiger partial charge is 0.495 e. The molecule has 0 bridgehead atoms. The fraction of sp³-hybridized carbons (Fsp3) is 0.0909. The van der Waals surface area contributed by atoms with Crippen molar-refractivity contribution in [2.24, 2.45) is 0 Å². The van der Waals surface area contributed by atoms with E-state index in [-0.39, 0.29) is 4.88 Å². The number of nitrogens with zero attached hydrogens (tertiary/aromatic N) is 1. The van der Waals surface area contributed by atoms with E-state index in [0.717, 1.165) is 11.3 Å². The number of aromatic carboxylic acids is 1. The summed E-state index contributed by atoms with van der Waals surface area (Å²) in [7, 11) is 1.54. The van der Waals surface area contributed by atoms with Crippen LogP contribution in [0.4, 0.5) is 10.8 Å². The molecule has 0 aliphatic heterocycles. The minimum atomic E-state index is -0.992. The Labute approximate surface area is 112 Å². The van der Waals surface area contributed by atoms with Crippen LogP contribution in [0.1, 0.15) is 9.67 Å². The van der Waals surface area contributed by atoms with E-state index in [4.69, 9.17) is 21.4 Å². The molecule has 0 amide bonds. The number of rotatable bonds is 4. The number of halogens is 1. The molecule has 0 saturated carbocycles. The van der Waals surface area contributed by atoms with Crippen molar-refractivity contribution in [3.63, 3.8) is 0 Å². The van der Waals surface area contributed by atoms with Gasteiger partial charge in [0.2, 0.25) is 0 Å². The molecule has 1 heterocycles. The topological polar surface area (TPSA) is 71.5 Å². The summed E-state index contributed by atoms with van der Waals surface area (Å²) in [5, 5.41) is 12.7. The Morgan fingerprint density at radius 3 is 2.89 bits per heavy atom. The molecule has 5 nitrogen and oxygen atoms in total. The van der Waals surface area contributed by atoms with Gasteiger partial charge in [0.1, 0.15) is 10.6 Å². The molecule has 2 N–H and O–H groups in total. The zero-order valence-electron chi connectivity index (χ0n) is 9.31. The van der Waals surface area contributed by atoms with Gasteiger partial charge >= 0.3 is 5.97 Å². The van der Waals surface area contributed by atoms with Gasteiger partial charge in [0.25, 0.3) is 0 Å². The maximum Gasteiger partial charge on any atom is 0.347 e. The van der Waals surface area contributed by atoms with Crippen LogP contribution in [0.3, 0.4) is 0 Å². The number of hydrogen-bond donors (Lipinski definition) is 2. The highest BCUT2D eigenvalue weighted by Crippen LogP contribution is 2.29. The summed E-state index contributed by atoms with van der Waals surface area (Å²) in [4.78, 5) is 14.8. The Hall–Kier alpha value is -1.79. The summed E-state index contributed by atoms with van der Waals surface area (Å²) in [5.41, 5.74) is 0.715. The van der Waals surface area contributed by atoms with Gasteiger partial charge in [0.15, 0.2) is 5.13 Å². The number of ether oxygens (including phenoxy) is 1. The second-order valence-electron chi connectivity index (χ2n) is 3.31. The third kappa shape index (κ3) is 2.72. The molecule has 7 heteroatoms. The first-order chi connectivity index (χ1) is 8.60. The van der Waals surface area contributed by atoms with Crippen molar-refractivity contribution in [1.82, 2.24) is 4.98 Å². The summed E-state index contributed by atoms with van der Waals surface area (Å²) in [5.74, 6) is -0.416. The smallest absolute Gasteiger partial charge is 0.347 e. The lowest BCUT2D eigenvalue weighted by Gasteiger charge is -2.06. The minimum absolute atomic E-state index is 0.178. The third-order valence-corrected chi connectivity index (χ3v) is 3.32. The van der Waals surface area contributed by atoms with Gasteiger partial charge in [-0.1, -0.05) is 22.9 Å². The molecule has 2 aromatic rings. The van der Waals surface area contributed by atoms with Gasteiger partial charge in [-0.3, -0.25) is 0 Å². The number of thiazole rings is 1. The molecule has 0 unspecified atom stereocenters. The molecular weight excluding hydrogens is 276 g/mol. The first kappa shape index (κ1) is 12.7. The van der Waals surface area contributed by atoms with Gasteiger partial charge in [0, 0.05) is 5.69 Å². The fourth-order valence-electron chi connectivity index (χ4n) is 1.30. The van der Waals surface area contributed by atoms with Gasteiger partial charge < -0.3 is 15.2 Å². The number of hydrogen-bond acceptors (Lipinski definition) is 5. The van der Waals surface area contributed by atoms with Crippen LogP contribution in [-0.4, -0.2) is 23.2 Å². The van der Waals surface area contributed by atoms with Crippen LogP contribution in [0.15, 0.2) is 24.4 Å². The second-order valence-corrected chi connectivity index (χ2v) is 4.75. The van der Waals surface area contributed by atoms with Crippen molar-refractivity contribution < 1.29 is 14.6 Å². The number of nitrogens with one attached hydrogen (secondary N) is 1. The summed E-state index contributed by atoms with van der Waals surface area (Å²) < 4.78 is 5.04. The van der Waals surface area contributed by atoms with Crippen LogP contribution in [0.2, 0.25) is 5.02 Å². The van der Waals surface area contributed by atoms with Gasteiger partial charge in [0.05, 0.1) is 18.3 Å². The van der Waals surface area contributed by atoms with Crippen molar-refractivity contribution >= 4 is 39.7 Å². The first-order valence-corrected chi connectivity index (χ1v) is 6.09. The predicted octanol–water partition coefficient (Wildman–Crippen LogP) is 3.25. The number of carboxylic acid groups (broad SMARTS) is 1. The number of aromatic nitrogens is 1. The van der Waals surface area contributed by atoms with Gasteiger partial charge in [-0.25, -0.2) is 9.78 Å². The summed E-state index contributed by atoms with van der Waals surface area (Å²) in [6, 6.07) is 5.17. The van der Waals surface area contributed by atoms with Crippen molar-refractivity contribution in [2.45, 2.75) is 0 Å². The van der Waals surface area contributed by atoms with E-state index >= 15 is 0 Å². The molecule has 0 radical (unpaired) electrons. The Kier molecular flexibility index (Phi) is 3.69. The van der Waals surface area contributed by atoms with Crippen molar-refractivity contribution in [1.29, 1.82) is 0 Å². The maximum absolute atomic E-state index is 10.7. The van der Waals surface area contributed by atoms with E-state index in [9.17, 15) is 4.79 Å². The fourth-order valence-corrected chi connectivity index (χ4v) is 2.23. The molecule has 0 aliphatic carbocycles. The molecule has 1 aromatic heterocycles. The molecule has 2 rings (SSSR count). The van der Waals surface area contributed by atoms with E-state index < -0.39 is 5.97 Å². The van der Waals surface area contributed by atoms with Crippen LogP contribution < -0.4 is 10.1 Å². The minimum Gasteiger partial charge on any atom is -0.495 e.